The fraction of sp³-hybridized carbons (Fsp3) is 0.500. The minimum atomic E-state index is 0.169. The Kier molecular flexibility index (Phi) is 0.873. The van der Waals surface area contributed by atoms with Crippen molar-refractivity contribution in [1.29, 1.82) is 0 Å². The van der Waals surface area contributed by atoms with Crippen molar-refractivity contribution in [1.82, 2.24) is 4.90 Å². The lowest BCUT2D eigenvalue weighted by atomic mass is 10.4. The quantitative estimate of drug-likeness (QED) is 0.459. The van der Waals surface area contributed by atoms with Crippen molar-refractivity contribution in [2.75, 3.05) is 13.3 Å². The summed E-state index contributed by atoms with van der Waals surface area (Å²) in [5.41, 5.74) is 1.04. The molecule has 2 heterocycles. The first-order chi connectivity index (χ1) is 4.38. The van der Waals surface area contributed by atoms with Crippen LogP contribution in [0.5, 0.6) is 0 Å². The summed E-state index contributed by atoms with van der Waals surface area (Å²) in [7, 11) is 0. The van der Waals surface area contributed by atoms with Gasteiger partial charge in [-0.3, -0.25) is 9.69 Å². The lowest BCUT2D eigenvalue weighted by Gasteiger charge is -2.06. The minimum absolute atomic E-state index is 0.169. The van der Waals surface area contributed by atoms with Crippen molar-refractivity contribution in [2.45, 2.75) is 6.42 Å². The predicted octanol–water partition coefficient (Wildman–Crippen LogP) is 0.0903. The third-order valence-corrected chi connectivity index (χ3v) is 1.63. The summed E-state index contributed by atoms with van der Waals surface area (Å²) in [5, 5.41) is 0. The zero-order valence-electron chi connectivity index (χ0n) is 4.96. The highest BCUT2D eigenvalue weighted by atomic mass is 16.5. The molecule has 0 aromatic rings. The van der Waals surface area contributed by atoms with E-state index in [1.165, 1.54) is 0 Å². The molecule has 1 saturated heterocycles. The molecular formula is C6H7NO2. The molecule has 3 heteroatoms. The summed E-state index contributed by atoms with van der Waals surface area (Å²) in [4.78, 5) is 12.5. The van der Waals surface area contributed by atoms with E-state index in [2.05, 4.69) is 0 Å². The molecule has 1 fully saturated rings. The molecular weight excluding hydrogens is 118 g/mol. The van der Waals surface area contributed by atoms with Crippen LogP contribution >= 0.6 is 0 Å². The van der Waals surface area contributed by atoms with Gasteiger partial charge in [-0.2, -0.15) is 0 Å². The molecule has 0 radical (unpaired) electrons. The van der Waals surface area contributed by atoms with E-state index in [4.69, 9.17) is 4.74 Å². The molecule has 0 aromatic carbocycles. The summed E-state index contributed by atoms with van der Waals surface area (Å²) in [6.07, 6.45) is 2.49. The molecule has 0 saturated carbocycles. The van der Waals surface area contributed by atoms with E-state index in [1.807, 2.05) is 6.08 Å². The monoisotopic (exact) mass is 125 g/mol. The average Bonchev–Trinajstić information content (AvgIpc) is 2.35. The molecule has 2 aliphatic heterocycles. The van der Waals surface area contributed by atoms with Crippen molar-refractivity contribution in [3.05, 3.63) is 11.8 Å². The second-order valence-corrected chi connectivity index (χ2v) is 2.20. The zero-order valence-corrected chi connectivity index (χ0v) is 4.96. The minimum Gasteiger partial charge on any atom is -0.354 e. The van der Waals surface area contributed by atoms with Gasteiger partial charge < -0.3 is 4.74 Å². The number of nitrogens with zero attached hydrogens (tertiary/aromatic N) is 1. The maximum Gasteiger partial charge on any atom is 0.232 e. The fourth-order valence-electron chi connectivity index (χ4n) is 1.12. The summed E-state index contributed by atoms with van der Waals surface area (Å²) in [6.45, 7) is 1.08. The Morgan fingerprint density at radius 2 is 2.56 bits per heavy atom. The molecule has 0 spiro atoms. The van der Waals surface area contributed by atoms with Gasteiger partial charge in [-0.25, -0.2) is 0 Å². The van der Waals surface area contributed by atoms with E-state index in [0.29, 0.717) is 19.8 Å². The lowest BCUT2D eigenvalue weighted by molar-refractivity contribution is -0.128. The SMILES string of the molecule is O=C1CC=C2COCN12. The number of carbonyl (C=O) groups excluding carboxylic acids is 1. The summed E-state index contributed by atoms with van der Waals surface area (Å²) in [6, 6.07) is 0. The highest BCUT2D eigenvalue weighted by molar-refractivity contribution is 5.82. The number of carbonyl (C=O) groups is 1. The number of ether oxygens (including phenoxy) is 1. The Morgan fingerprint density at radius 1 is 1.67 bits per heavy atom. The van der Waals surface area contributed by atoms with Gasteiger partial charge in [0, 0.05) is 12.1 Å². The summed E-state index contributed by atoms with van der Waals surface area (Å²) in [5.74, 6) is 0.169. The van der Waals surface area contributed by atoms with E-state index in [0.717, 1.165) is 5.70 Å². The van der Waals surface area contributed by atoms with Gasteiger partial charge in [0.15, 0.2) is 0 Å². The molecule has 2 rings (SSSR count). The molecule has 48 valence electrons. The Labute approximate surface area is 52.9 Å². The van der Waals surface area contributed by atoms with E-state index >= 15 is 0 Å². The second-order valence-electron chi connectivity index (χ2n) is 2.20. The van der Waals surface area contributed by atoms with Gasteiger partial charge in [0.1, 0.15) is 6.73 Å². The van der Waals surface area contributed by atoms with Gasteiger partial charge in [0.2, 0.25) is 5.91 Å². The summed E-state index contributed by atoms with van der Waals surface area (Å²) < 4.78 is 5.02. The standard InChI is InChI=1S/C6H7NO2/c8-6-2-1-5-3-9-4-7(5)6/h1H,2-4H2. The highest BCUT2D eigenvalue weighted by Crippen LogP contribution is 2.20. The number of fused-ring (bicyclic) bond motifs is 1. The first-order valence-electron chi connectivity index (χ1n) is 2.95. The molecule has 0 atom stereocenters. The van der Waals surface area contributed by atoms with Gasteiger partial charge in [-0.1, -0.05) is 6.08 Å². The van der Waals surface area contributed by atoms with Crippen LogP contribution in [0.3, 0.4) is 0 Å². The van der Waals surface area contributed by atoms with E-state index in [1.54, 1.807) is 4.90 Å². The number of amides is 1. The molecule has 2 aliphatic rings. The van der Waals surface area contributed by atoms with Crippen molar-refractivity contribution >= 4 is 5.91 Å². The molecule has 3 nitrogen and oxygen atoms in total. The van der Waals surface area contributed by atoms with E-state index in [-0.39, 0.29) is 5.91 Å². The Balaban J connectivity index is 2.28. The van der Waals surface area contributed by atoms with Gasteiger partial charge in [0.25, 0.3) is 0 Å². The van der Waals surface area contributed by atoms with Gasteiger partial charge in [0.05, 0.1) is 6.61 Å². The number of rotatable bonds is 0. The van der Waals surface area contributed by atoms with Crippen molar-refractivity contribution in [2.24, 2.45) is 0 Å². The lowest BCUT2D eigenvalue weighted by Crippen LogP contribution is -2.20. The van der Waals surface area contributed by atoms with Crippen LogP contribution in [0.1, 0.15) is 6.42 Å². The largest absolute Gasteiger partial charge is 0.354 e. The molecule has 0 bridgehead atoms. The zero-order chi connectivity index (χ0) is 6.27. The molecule has 0 N–H and O–H groups in total. The number of hydrogen-bond donors (Lipinski definition) is 0. The van der Waals surface area contributed by atoms with Crippen LogP contribution in [0.4, 0.5) is 0 Å². The first kappa shape index (κ1) is 4.99. The van der Waals surface area contributed by atoms with Crippen molar-refractivity contribution in [3.8, 4) is 0 Å². The third-order valence-electron chi connectivity index (χ3n) is 1.63. The van der Waals surface area contributed by atoms with Crippen LogP contribution in [0.25, 0.3) is 0 Å². The van der Waals surface area contributed by atoms with E-state index in [9.17, 15) is 4.79 Å². The van der Waals surface area contributed by atoms with Gasteiger partial charge >= 0.3 is 0 Å². The highest BCUT2D eigenvalue weighted by Gasteiger charge is 2.27. The summed E-state index contributed by atoms with van der Waals surface area (Å²) >= 11 is 0. The van der Waals surface area contributed by atoms with Crippen LogP contribution in [0, 0.1) is 0 Å². The first-order valence-corrected chi connectivity index (χ1v) is 2.95. The van der Waals surface area contributed by atoms with Gasteiger partial charge in [-0.05, 0) is 0 Å². The average molecular weight is 125 g/mol. The van der Waals surface area contributed by atoms with Crippen molar-refractivity contribution < 1.29 is 9.53 Å². The molecule has 0 aromatic heterocycles. The smallest absolute Gasteiger partial charge is 0.232 e. The van der Waals surface area contributed by atoms with E-state index < -0.39 is 0 Å². The van der Waals surface area contributed by atoms with Crippen LogP contribution in [-0.4, -0.2) is 24.1 Å². The second kappa shape index (κ2) is 1.57. The number of hydrogen-bond acceptors (Lipinski definition) is 2. The molecule has 0 aliphatic carbocycles. The maximum absolute atomic E-state index is 10.8. The Bertz CT molecular complexity index is 185. The Hall–Kier alpha value is -0.830. The maximum atomic E-state index is 10.8. The predicted molar refractivity (Wildman–Crippen MR) is 30.4 cm³/mol. The van der Waals surface area contributed by atoms with Crippen LogP contribution in [0.2, 0.25) is 0 Å². The molecule has 1 amide bonds. The van der Waals surface area contributed by atoms with Crippen LogP contribution in [0.15, 0.2) is 11.8 Å². The van der Waals surface area contributed by atoms with Gasteiger partial charge in [-0.15, -0.1) is 0 Å². The normalized spacial score (nSPS) is 24.7. The van der Waals surface area contributed by atoms with Crippen LogP contribution in [-0.2, 0) is 9.53 Å². The third kappa shape index (κ3) is 0.580. The van der Waals surface area contributed by atoms with Crippen LogP contribution < -0.4 is 0 Å². The Morgan fingerprint density at radius 3 is 3.33 bits per heavy atom. The topological polar surface area (TPSA) is 29.5 Å². The van der Waals surface area contributed by atoms with Crippen molar-refractivity contribution in [3.63, 3.8) is 0 Å². The molecule has 0 unspecified atom stereocenters. The fourth-order valence-corrected chi connectivity index (χ4v) is 1.12. The molecule has 9 heavy (non-hydrogen) atoms.